The summed E-state index contributed by atoms with van der Waals surface area (Å²) in [6, 6.07) is 10.0. The number of nitrogens with zero attached hydrogens (tertiary/aromatic N) is 2. The highest BCUT2D eigenvalue weighted by molar-refractivity contribution is 7.15. The summed E-state index contributed by atoms with van der Waals surface area (Å²) in [5.74, 6) is 0.822. The number of methoxy groups -OCH3 is 1. The summed E-state index contributed by atoms with van der Waals surface area (Å²) in [5, 5.41) is 9.77. The molecule has 2 rings (SSSR count). The SMILES string of the molecule is CCc1nc(-c2cccc(OC)c2)sc1CC#N. The molecule has 0 fully saturated rings. The van der Waals surface area contributed by atoms with E-state index in [2.05, 4.69) is 18.0 Å². The Kier molecular flexibility index (Phi) is 3.96. The van der Waals surface area contributed by atoms with Crippen molar-refractivity contribution < 1.29 is 4.74 Å². The van der Waals surface area contributed by atoms with Crippen LogP contribution >= 0.6 is 11.3 Å². The van der Waals surface area contributed by atoms with Crippen LogP contribution in [0.1, 0.15) is 17.5 Å². The van der Waals surface area contributed by atoms with E-state index in [1.54, 1.807) is 18.4 Å². The minimum atomic E-state index is 0.435. The van der Waals surface area contributed by atoms with Gasteiger partial charge in [-0.1, -0.05) is 19.1 Å². The molecule has 1 aromatic carbocycles. The topological polar surface area (TPSA) is 45.9 Å². The van der Waals surface area contributed by atoms with E-state index in [1.165, 1.54) is 0 Å². The summed E-state index contributed by atoms with van der Waals surface area (Å²) < 4.78 is 5.21. The van der Waals surface area contributed by atoms with E-state index >= 15 is 0 Å². The molecular weight excluding hydrogens is 244 g/mol. The maximum atomic E-state index is 8.81. The third kappa shape index (κ3) is 2.52. The number of hydrogen-bond donors (Lipinski definition) is 0. The second kappa shape index (κ2) is 5.65. The average molecular weight is 258 g/mol. The fourth-order valence-electron chi connectivity index (χ4n) is 1.75. The molecule has 0 aliphatic carbocycles. The molecule has 0 radical (unpaired) electrons. The number of rotatable bonds is 4. The third-order valence-electron chi connectivity index (χ3n) is 2.67. The van der Waals surface area contributed by atoms with E-state index < -0.39 is 0 Å². The molecule has 0 N–H and O–H groups in total. The smallest absolute Gasteiger partial charge is 0.124 e. The van der Waals surface area contributed by atoms with Crippen LogP contribution in [0.15, 0.2) is 24.3 Å². The Morgan fingerprint density at radius 2 is 2.28 bits per heavy atom. The molecule has 0 spiro atoms. The van der Waals surface area contributed by atoms with Crippen molar-refractivity contribution in [1.82, 2.24) is 4.98 Å². The number of hydrogen-bond acceptors (Lipinski definition) is 4. The standard InChI is InChI=1S/C14H14N2OS/c1-3-12-13(7-8-15)18-14(16-12)10-5-4-6-11(9-10)17-2/h4-6,9H,3,7H2,1-2H3. The highest BCUT2D eigenvalue weighted by atomic mass is 32.1. The minimum Gasteiger partial charge on any atom is -0.497 e. The number of aromatic nitrogens is 1. The first-order valence-corrected chi connectivity index (χ1v) is 6.60. The Labute approximate surface area is 111 Å². The van der Waals surface area contributed by atoms with E-state index in [-0.39, 0.29) is 0 Å². The molecule has 0 aliphatic rings. The maximum Gasteiger partial charge on any atom is 0.124 e. The molecule has 2 aromatic rings. The lowest BCUT2D eigenvalue weighted by Gasteiger charge is -2.00. The Balaban J connectivity index is 2.41. The molecule has 0 unspecified atom stereocenters. The second-order valence-electron chi connectivity index (χ2n) is 3.81. The van der Waals surface area contributed by atoms with Crippen LogP contribution in [0.3, 0.4) is 0 Å². The summed E-state index contributed by atoms with van der Waals surface area (Å²) in [6.45, 7) is 2.06. The molecule has 0 amide bonds. The number of benzene rings is 1. The number of ether oxygens (including phenoxy) is 1. The van der Waals surface area contributed by atoms with E-state index in [0.29, 0.717) is 6.42 Å². The van der Waals surface area contributed by atoms with Crippen LogP contribution in [0, 0.1) is 11.3 Å². The summed E-state index contributed by atoms with van der Waals surface area (Å²) in [5.41, 5.74) is 2.07. The molecule has 4 heteroatoms. The van der Waals surface area contributed by atoms with Crippen molar-refractivity contribution in [2.75, 3.05) is 7.11 Å². The van der Waals surface area contributed by atoms with E-state index in [9.17, 15) is 0 Å². The predicted octanol–water partition coefficient (Wildman–Crippen LogP) is 3.45. The Morgan fingerprint density at radius 1 is 1.44 bits per heavy atom. The normalized spacial score (nSPS) is 10.1. The van der Waals surface area contributed by atoms with Crippen LogP contribution in [0.5, 0.6) is 5.75 Å². The van der Waals surface area contributed by atoms with Crippen LogP contribution in [0.25, 0.3) is 10.6 Å². The zero-order valence-electron chi connectivity index (χ0n) is 10.4. The first-order valence-electron chi connectivity index (χ1n) is 5.78. The highest BCUT2D eigenvalue weighted by Crippen LogP contribution is 2.30. The zero-order valence-corrected chi connectivity index (χ0v) is 11.3. The first-order chi connectivity index (χ1) is 8.78. The van der Waals surface area contributed by atoms with Gasteiger partial charge in [0.15, 0.2) is 0 Å². The lowest BCUT2D eigenvalue weighted by atomic mass is 10.2. The Bertz CT molecular complexity index is 584. The van der Waals surface area contributed by atoms with Crippen molar-refractivity contribution in [2.45, 2.75) is 19.8 Å². The lowest BCUT2D eigenvalue weighted by Crippen LogP contribution is -1.87. The minimum absolute atomic E-state index is 0.435. The number of thiazole rings is 1. The fourth-order valence-corrected chi connectivity index (χ4v) is 2.83. The molecule has 0 saturated heterocycles. The fraction of sp³-hybridized carbons (Fsp3) is 0.286. The third-order valence-corrected chi connectivity index (χ3v) is 3.82. The van der Waals surface area contributed by atoms with Crippen LogP contribution < -0.4 is 4.74 Å². The first kappa shape index (κ1) is 12.6. The summed E-state index contributed by atoms with van der Waals surface area (Å²) in [6.07, 6.45) is 1.29. The van der Waals surface area contributed by atoms with Crippen LogP contribution in [-0.4, -0.2) is 12.1 Å². The van der Waals surface area contributed by atoms with Crippen LogP contribution in [-0.2, 0) is 12.8 Å². The van der Waals surface area contributed by atoms with Gasteiger partial charge in [0.2, 0.25) is 0 Å². The largest absolute Gasteiger partial charge is 0.497 e. The van der Waals surface area contributed by atoms with E-state index in [0.717, 1.165) is 33.3 Å². The molecule has 0 atom stereocenters. The van der Waals surface area contributed by atoms with Gasteiger partial charge in [-0.3, -0.25) is 0 Å². The molecule has 1 aromatic heterocycles. The van der Waals surface area contributed by atoms with Gasteiger partial charge in [-0.2, -0.15) is 5.26 Å². The molecule has 1 heterocycles. The van der Waals surface area contributed by atoms with Gasteiger partial charge in [-0.25, -0.2) is 4.98 Å². The van der Waals surface area contributed by atoms with Crippen molar-refractivity contribution in [1.29, 1.82) is 5.26 Å². The highest BCUT2D eigenvalue weighted by Gasteiger charge is 2.11. The molecule has 0 saturated carbocycles. The van der Waals surface area contributed by atoms with Gasteiger partial charge in [0.1, 0.15) is 10.8 Å². The van der Waals surface area contributed by atoms with Crippen LogP contribution in [0.4, 0.5) is 0 Å². The van der Waals surface area contributed by atoms with Gasteiger partial charge in [0, 0.05) is 10.4 Å². The Morgan fingerprint density at radius 3 is 2.94 bits per heavy atom. The molecular formula is C14H14N2OS. The number of aryl methyl sites for hydroxylation is 1. The molecule has 0 bridgehead atoms. The van der Waals surface area contributed by atoms with Gasteiger partial charge in [-0.15, -0.1) is 11.3 Å². The molecule has 92 valence electrons. The summed E-state index contributed by atoms with van der Waals surface area (Å²) in [4.78, 5) is 5.67. The summed E-state index contributed by atoms with van der Waals surface area (Å²) >= 11 is 1.59. The van der Waals surface area contributed by atoms with Crippen molar-refractivity contribution in [3.63, 3.8) is 0 Å². The summed E-state index contributed by atoms with van der Waals surface area (Å²) in [7, 11) is 1.65. The lowest BCUT2D eigenvalue weighted by molar-refractivity contribution is 0.415. The van der Waals surface area contributed by atoms with Gasteiger partial charge >= 0.3 is 0 Å². The molecule has 0 aliphatic heterocycles. The quantitative estimate of drug-likeness (QED) is 0.843. The van der Waals surface area contributed by atoms with Crippen LogP contribution in [0.2, 0.25) is 0 Å². The van der Waals surface area contributed by atoms with Crippen molar-refractivity contribution in [3.8, 4) is 22.4 Å². The average Bonchev–Trinajstić information content (AvgIpc) is 2.82. The van der Waals surface area contributed by atoms with Crippen molar-refractivity contribution in [2.24, 2.45) is 0 Å². The van der Waals surface area contributed by atoms with Gasteiger partial charge in [-0.05, 0) is 18.6 Å². The van der Waals surface area contributed by atoms with Gasteiger partial charge in [0.25, 0.3) is 0 Å². The second-order valence-corrected chi connectivity index (χ2v) is 4.89. The van der Waals surface area contributed by atoms with Crippen molar-refractivity contribution >= 4 is 11.3 Å². The molecule has 18 heavy (non-hydrogen) atoms. The predicted molar refractivity (Wildman–Crippen MR) is 72.8 cm³/mol. The Hall–Kier alpha value is -1.86. The van der Waals surface area contributed by atoms with E-state index in [1.807, 2.05) is 24.3 Å². The van der Waals surface area contributed by atoms with Crippen molar-refractivity contribution in [3.05, 3.63) is 34.8 Å². The maximum absolute atomic E-state index is 8.81. The number of nitriles is 1. The van der Waals surface area contributed by atoms with E-state index in [4.69, 9.17) is 10.00 Å². The molecule has 3 nitrogen and oxygen atoms in total. The zero-order chi connectivity index (χ0) is 13.0. The van der Waals surface area contributed by atoms with Gasteiger partial charge < -0.3 is 4.74 Å². The van der Waals surface area contributed by atoms with Gasteiger partial charge in [0.05, 0.1) is 25.3 Å². The monoisotopic (exact) mass is 258 g/mol.